The van der Waals surface area contributed by atoms with Gasteiger partial charge in [0, 0.05) is 44.9 Å². The Labute approximate surface area is 152 Å². The summed E-state index contributed by atoms with van der Waals surface area (Å²) in [5, 5.41) is 2.81. The summed E-state index contributed by atoms with van der Waals surface area (Å²) >= 11 is 0. The van der Waals surface area contributed by atoms with Crippen molar-refractivity contribution in [2.24, 2.45) is 0 Å². The molecule has 1 N–H and O–H groups in total. The highest BCUT2D eigenvalue weighted by molar-refractivity contribution is 6.03. The Hall–Kier alpha value is -3.09. The van der Waals surface area contributed by atoms with Crippen LogP contribution in [0.3, 0.4) is 0 Å². The summed E-state index contributed by atoms with van der Waals surface area (Å²) in [6.07, 6.45) is 1.70. The number of nitrogens with zero attached hydrogens (tertiary/aromatic N) is 3. The molecule has 2 amide bonds. The Morgan fingerprint density at radius 2 is 1.88 bits per heavy atom. The van der Waals surface area contributed by atoms with E-state index in [1.165, 1.54) is 0 Å². The average Bonchev–Trinajstić information content (AvgIpc) is 2.68. The monoisotopic (exact) mass is 354 g/mol. The number of anilines is 2. The van der Waals surface area contributed by atoms with Gasteiger partial charge < -0.3 is 19.9 Å². The molecule has 0 saturated carbocycles. The second-order valence-corrected chi connectivity index (χ2v) is 6.08. The van der Waals surface area contributed by atoms with Crippen LogP contribution < -0.4 is 15.0 Å². The van der Waals surface area contributed by atoms with Gasteiger partial charge in [-0.1, -0.05) is 6.07 Å². The van der Waals surface area contributed by atoms with Crippen LogP contribution in [0.1, 0.15) is 17.4 Å². The number of rotatable bonds is 4. The van der Waals surface area contributed by atoms with Gasteiger partial charge in [-0.3, -0.25) is 9.59 Å². The molecule has 1 fully saturated rings. The molecule has 1 aromatic carbocycles. The highest BCUT2D eigenvalue weighted by Crippen LogP contribution is 2.19. The fraction of sp³-hybridized carbons (Fsp3) is 0.316. The zero-order chi connectivity index (χ0) is 18.5. The predicted molar refractivity (Wildman–Crippen MR) is 99.7 cm³/mol. The maximum atomic E-state index is 12.3. The number of pyridine rings is 1. The van der Waals surface area contributed by atoms with Gasteiger partial charge >= 0.3 is 0 Å². The number of carbonyl (C=O) groups excluding carboxylic acids is 2. The normalized spacial score (nSPS) is 14.1. The summed E-state index contributed by atoms with van der Waals surface area (Å²) in [6, 6.07) is 10.8. The number of aromatic nitrogens is 1. The van der Waals surface area contributed by atoms with Crippen LogP contribution in [0.4, 0.5) is 11.4 Å². The van der Waals surface area contributed by atoms with E-state index in [0.29, 0.717) is 30.2 Å². The fourth-order valence-electron chi connectivity index (χ4n) is 2.88. The first-order chi connectivity index (χ1) is 12.6. The summed E-state index contributed by atoms with van der Waals surface area (Å²) in [5.74, 6) is 0.509. The number of methoxy groups -OCH3 is 1. The van der Waals surface area contributed by atoms with Gasteiger partial charge in [0.25, 0.3) is 5.91 Å². The lowest BCUT2D eigenvalue weighted by Gasteiger charge is -2.35. The molecular weight excluding hydrogens is 332 g/mol. The molecular formula is C19H22N4O3. The van der Waals surface area contributed by atoms with Gasteiger partial charge in [-0.25, -0.2) is 4.98 Å². The van der Waals surface area contributed by atoms with Crippen molar-refractivity contribution in [2.45, 2.75) is 6.92 Å². The molecule has 2 heterocycles. The summed E-state index contributed by atoms with van der Waals surface area (Å²) in [5.41, 5.74) is 1.95. The minimum atomic E-state index is -0.272. The lowest BCUT2D eigenvalue weighted by Crippen LogP contribution is -2.48. The smallest absolute Gasteiger partial charge is 0.274 e. The van der Waals surface area contributed by atoms with E-state index in [2.05, 4.69) is 15.2 Å². The fourth-order valence-corrected chi connectivity index (χ4v) is 2.88. The molecule has 136 valence electrons. The van der Waals surface area contributed by atoms with Gasteiger partial charge in [-0.2, -0.15) is 0 Å². The van der Waals surface area contributed by atoms with E-state index in [4.69, 9.17) is 4.74 Å². The molecule has 0 spiro atoms. The van der Waals surface area contributed by atoms with Gasteiger partial charge in [-0.15, -0.1) is 0 Å². The van der Waals surface area contributed by atoms with E-state index in [1.807, 2.05) is 23.1 Å². The van der Waals surface area contributed by atoms with Crippen LogP contribution in [0.2, 0.25) is 0 Å². The molecule has 1 aromatic heterocycles. The largest absolute Gasteiger partial charge is 0.497 e. The number of amides is 2. The number of benzene rings is 1. The molecule has 3 rings (SSSR count). The summed E-state index contributed by atoms with van der Waals surface area (Å²) < 4.78 is 5.15. The van der Waals surface area contributed by atoms with Crippen LogP contribution in [-0.4, -0.2) is 55.0 Å². The van der Waals surface area contributed by atoms with E-state index in [1.54, 1.807) is 38.4 Å². The first-order valence-electron chi connectivity index (χ1n) is 8.49. The third kappa shape index (κ3) is 4.11. The van der Waals surface area contributed by atoms with Crippen molar-refractivity contribution < 1.29 is 14.3 Å². The van der Waals surface area contributed by atoms with Crippen LogP contribution in [0.25, 0.3) is 0 Å². The van der Waals surface area contributed by atoms with Gasteiger partial charge in [0.05, 0.1) is 19.0 Å². The van der Waals surface area contributed by atoms with E-state index in [9.17, 15) is 9.59 Å². The zero-order valence-corrected chi connectivity index (χ0v) is 14.9. The van der Waals surface area contributed by atoms with Crippen LogP contribution in [0.5, 0.6) is 5.75 Å². The number of piperazine rings is 1. The average molecular weight is 354 g/mol. The number of carbonyl (C=O) groups is 2. The third-order valence-electron chi connectivity index (χ3n) is 4.40. The standard InChI is InChI=1S/C19H22N4O3/c1-14(24)22-8-10-23(11-9-22)16-6-7-18(20-13-16)19(25)21-15-4-3-5-17(12-15)26-2/h3-7,12-13H,8-11H2,1-2H3,(H,21,25). The molecule has 2 aromatic rings. The van der Waals surface area contributed by atoms with Gasteiger partial charge in [0.15, 0.2) is 0 Å². The highest BCUT2D eigenvalue weighted by Gasteiger charge is 2.19. The third-order valence-corrected chi connectivity index (χ3v) is 4.40. The number of nitrogens with one attached hydrogen (secondary N) is 1. The molecule has 0 aliphatic carbocycles. The number of hydrogen-bond donors (Lipinski definition) is 1. The highest BCUT2D eigenvalue weighted by atomic mass is 16.5. The van der Waals surface area contributed by atoms with Crippen molar-refractivity contribution in [1.29, 1.82) is 0 Å². The van der Waals surface area contributed by atoms with Crippen LogP contribution >= 0.6 is 0 Å². The molecule has 7 nitrogen and oxygen atoms in total. The molecule has 0 unspecified atom stereocenters. The van der Waals surface area contributed by atoms with Crippen molar-refractivity contribution in [3.8, 4) is 5.75 Å². The second kappa shape index (κ2) is 7.86. The van der Waals surface area contributed by atoms with Crippen LogP contribution in [0, 0.1) is 0 Å². The molecule has 0 atom stereocenters. The van der Waals surface area contributed by atoms with E-state index >= 15 is 0 Å². The summed E-state index contributed by atoms with van der Waals surface area (Å²) in [6.45, 7) is 4.51. The van der Waals surface area contributed by atoms with E-state index in [0.717, 1.165) is 18.8 Å². The SMILES string of the molecule is COc1cccc(NC(=O)c2ccc(N3CCN(C(C)=O)CC3)cn2)c1. The maximum absolute atomic E-state index is 12.3. The quantitative estimate of drug-likeness (QED) is 0.909. The van der Waals surface area contributed by atoms with Gasteiger partial charge in [0.2, 0.25) is 5.91 Å². The molecule has 1 aliphatic rings. The summed E-state index contributed by atoms with van der Waals surface area (Å²) in [4.78, 5) is 32.0. The lowest BCUT2D eigenvalue weighted by atomic mass is 10.2. The second-order valence-electron chi connectivity index (χ2n) is 6.08. The van der Waals surface area contributed by atoms with Gasteiger partial charge in [-0.05, 0) is 24.3 Å². The Bertz CT molecular complexity index is 784. The Kier molecular flexibility index (Phi) is 5.36. The maximum Gasteiger partial charge on any atom is 0.274 e. The van der Waals surface area contributed by atoms with Crippen molar-refractivity contribution >= 4 is 23.2 Å². The number of hydrogen-bond acceptors (Lipinski definition) is 5. The molecule has 1 aliphatic heterocycles. The van der Waals surface area contributed by atoms with E-state index < -0.39 is 0 Å². The van der Waals surface area contributed by atoms with Crippen molar-refractivity contribution in [3.05, 3.63) is 48.3 Å². The zero-order valence-electron chi connectivity index (χ0n) is 14.9. The number of ether oxygens (including phenoxy) is 1. The molecule has 0 radical (unpaired) electrons. The first-order valence-corrected chi connectivity index (χ1v) is 8.49. The summed E-state index contributed by atoms with van der Waals surface area (Å²) in [7, 11) is 1.58. The van der Waals surface area contributed by atoms with Gasteiger partial charge in [0.1, 0.15) is 11.4 Å². The van der Waals surface area contributed by atoms with Crippen LogP contribution in [0.15, 0.2) is 42.6 Å². The minimum Gasteiger partial charge on any atom is -0.497 e. The molecule has 0 bridgehead atoms. The predicted octanol–water partition coefficient (Wildman–Crippen LogP) is 2.01. The van der Waals surface area contributed by atoms with Crippen LogP contribution in [-0.2, 0) is 4.79 Å². The van der Waals surface area contributed by atoms with E-state index in [-0.39, 0.29) is 11.8 Å². The van der Waals surface area contributed by atoms with Crippen molar-refractivity contribution in [3.63, 3.8) is 0 Å². The van der Waals surface area contributed by atoms with Crippen molar-refractivity contribution in [2.75, 3.05) is 43.5 Å². The minimum absolute atomic E-state index is 0.104. The molecule has 26 heavy (non-hydrogen) atoms. The molecule has 1 saturated heterocycles. The lowest BCUT2D eigenvalue weighted by molar-refractivity contribution is -0.129. The topological polar surface area (TPSA) is 74.8 Å². The Morgan fingerprint density at radius 3 is 2.50 bits per heavy atom. The van der Waals surface area contributed by atoms with Crippen molar-refractivity contribution in [1.82, 2.24) is 9.88 Å². The Balaban J connectivity index is 1.62. The molecule has 7 heteroatoms. The first kappa shape index (κ1) is 17.7. The Morgan fingerprint density at radius 1 is 1.12 bits per heavy atom.